The van der Waals surface area contributed by atoms with Crippen LogP contribution in [0.3, 0.4) is 0 Å². The van der Waals surface area contributed by atoms with Crippen LogP contribution in [0.4, 0.5) is 4.53 Å². The maximum Gasteiger partial charge on any atom is 0.128 e. The van der Waals surface area contributed by atoms with E-state index in [9.17, 15) is 4.53 Å². The van der Waals surface area contributed by atoms with Crippen molar-refractivity contribution in [1.82, 2.24) is 0 Å². The van der Waals surface area contributed by atoms with Gasteiger partial charge in [0.05, 0.1) is 0 Å². The summed E-state index contributed by atoms with van der Waals surface area (Å²) in [6.45, 7) is 5.35. The van der Waals surface area contributed by atoms with Crippen LogP contribution in [0.15, 0.2) is 24.3 Å². The highest BCUT2D eigenvalue weighted by atomic mass is 19.3. The average molecular weight is 168 g/mol. The third kappa shape index (κ3) is 1.64. The Morgan fingerprint density at radius 3 is 2.33 bits per heavy atom. The van der Waals surface area contributed by atoms with Gasteiger partial charge < -0.3 is 0 Å². The summed E-state index contributed by atoms with van der Waals surface area (Å²) in [5, 5.41) is 0. The summed E-state index contributed by atoms with van der Waals surface area (Å²) in [5.74, 6) is 0. The lowest BCUT2D eigenvalue weighted by molar-refractivity contribution is -0.227. The van der Waals surface area contributed by atoms with E-state index in [2.05, 4.69) is 4.94 Å². The molecule has 0 aromatic heterocycles. The van der Waals surface area contributed by atoms with Crippen molar-refractivity contribution in [3.05, 3.63) is 35.4 Å². The summed E-state index contributed by atoms with van der Waals surface area (Å²) in [6, 6.07) is 7.61. The van der Waals surface area contributed by atoms with Crippen LogP contribution >= 0.6 is 0 Å². The first-order valence-corrected chi connectivity index (χ1v) is 3.94. The average Bonchev–Trinajstić information content (AvgIpc) is 2.05. The highest BCUT2D eigenvalue weighted by Crippen LogP contribution is 2.27. The van der Waals surface area contributed by atoms with Crippen molar-refractivity contribution >= 4 is 0 Å². The lowest BCUT2D eigenvalue weighted by Gasteiger charge is -2.21. The fraction of sp³-hybridized carbons (Fsp3) is 0.400. The molecule has 0 bridgehead atoms. The molecular weight excluding hydrogens is 155 g/mol. The molecule has 0 saturated heterocycles. The Morgan fingerprint density at radius 1 is 1.25 bits per heavy atom. The SMILES string of the molecule is Cc1ccccc1C(C)(C)OF. The molecular formula is C10H13FO. The van der Waals surface area contributed by atoms with Crippen LogP contribution < -0.4 is 0 Å². The number of rotatable bonds is 2. The van der Waals surface area contributed by atoms with Gasteiger partial charge in [0, 0.05) is 0 Å². The molecule has 0 amide bonds. The van der Waals surface area contributed by atoms with E-state index in [1.807, 2.05) is 31.2 Å². The van der Waals surface area contributed by atoms with Crippen molar-refractivity contribution < 1.29 is 9.47 Å². The molecule has 66 valence electrons. The summed E-state index contributed by atoms with van der Waals surface area (Å²) in [6.07, 6.45) is 0. The van der Waals surface area contributed by atoms with Crippen LogP contribution in [0.25, 0.3) is 0 Å². The van der Waals surface area contributed by atoms with Gasteiger partial charge in [0.25, 0.3) is 0 Å². The molecule has 0 aliphatic rings. The summed E-state index contributed by atoms with van der Waals surface area (Å²) in [4.78, 5) is 3.90. The predicted octanol–water partition coefficient (Wildman–Crippen LogP) is 3.13. The van der Waals surface area contributed by atoms with Gasteiger partial charge in [0.1, 0.15) is 5.60 Å². The van der Waals surface area contributed by atoms with E-state index in [0.717, 1.165) is 11.1 Å². The summed E-state index contributed by atoms with van der Waals surface area (Å²) < 4.78 is 12.1. The van der Waals surface area contributed by atoms with Gasteiger partial charge in [0.2, 0.25) is 0 Å². The summed E-state index contributed by atoms with van der Waals surface area (Å²) in [5.41, 5.74) is 1.08. The topological polar surface area (TPSA) is 9.23 Å². The van der Waals surface area contributed by atoms with E-state index >= 15 is 0 Å². The molecule has 0 heterocycles. The molecule has 0 aliphatic carbocycles. The van der Waals surface area contributed by atoms with E-state index in [-0.39, 0.29) is 0 Å². The summed E-state index contributed by atoms with van der Waals surface area (Å²) in [7, 11) is 0. The molecule has 0 N–H and O–H groups in total. The molecule has 0 saturated carbocycles. The lowest BCUT2D eigenvalue weighted by Crippen LogP contribution is -2.18. The smallest absolute Gasteiger partial charge is 0.128 e. The Labute approximate surface area is 72.1 Å². The van der Waals surface area contributed by atoms with Crippen LogP contribution in [-0.4, -0.2) is 0 Å². The van der Waals surface area contributed by atoms with E-state index in [1.54, 1.807) is 13.8 Å². The van der Waals surface area contributed by atoms with E-state index in [4.69, 9.17) is 0 Å². The number of benzene rings is 1. The van der Waals surface area contributed by atoms with Crippen LogP contribution in [0, 0.1) is 6.92 Å². The zero-order chi connectivity index (χ0) is 9.19. The van der Waals surface area contributed by atoms with Crippen LogP contribution in [0.2, 0.25) is 0 Å². The predicted molar refractivity (Wildman–Crippen MR) is 46.4 cm³/mol. The Hall–Kier alpha value is -0.890. The molecule has 1 nitrogen and oxygen atoms in total. The van der Waals surface area contributed by atoms with Crippen LogP contribution in [-0.2, 0) is 10.5 Å². The minimum absolute atomic E-state index is 0.842. The molecule has 0 radical (unpaired) electrons. The highest BCUT2D eigenvalue weighted by molar-refractivity contribution is 5.30. The van der Waals surface area contributed by atoms with Crippen molar-refractivity contribution in [3.8, 4) is 0 Å². The minimum atomic E-state index is -0.842. The first-order valence-electron chi connectivity index (χ1n) is 3.94. The molecule has 0 fully saturated rings. The van der Waals surface area contributed by atoms with Gasteiger partial charge in [-0.15, -0.1) is 0 Å². The Kier molecular flexibility index (Phi) is 2.48. The van der Waals surface area contributed by atoms with E-state index in [1.165, 1.54) is 0 Å². The van der Waals surface area contributed by atoms with Crippen LogP contribution in [0.5, 0.6) is 0 Å². The van der Waals surface area contributed by atoms with Crippen molar-refractivity contribution in [2.75, 3.05) is 0 Å². The molecule has 2 heteroatoms. The maximum atomic E-state index is 12.1. The zero-order valence-electron chi connectivity index (χ0n) is 7.60. The fourth-order valence-corrected chi connectivity index (χ4v) is 1.29. The second-order valence-electron chi connectivity index (χ2n) is 3.40. The molecule has 0 atom stereocenters. The fourth-order valence-electron chi connectivity index (χ4n) is 1.29. The van der Waals surface area contributed by atoms with Gasteiger partial charge in [-0.3, -0.25) is 0 Å². The van der Waals surface area contributed by atoms with E-state index < -0.39 is 5.60 Å². The minimum Gasteiger partial charge on any atom is -0.183 e. The van der Waals surface area contributed by atoms with Gasteiger partial charge in [-0.25, -0.2) is 0 Å². The van der Waals surface area contributed by atoms with Gasteiger partial charge in [-0.1, -0.05) is 24.3 Å². The van der Waals surface area contributed by atoms with Gasteiger partial charge >= 0.3 is 0 Å². The Balaban J connectivity index is 3.10. The third-order valence-corrected chi connectivity index (χ3v) is 1.99. The van der Waals surface area contributed by atoms with Gasteiger partial charge in [-0.05, 0) is 36.4 Å². The van der Waals surface area contributed by atoms with E-state index in [0.29, 0.717) is 0 Å². The number of aryl methyl sites for hydroxylation is 1. The Morgan fingerprint density at radius 2 is 1.83 bits per heavy atom. The molecule has 1 aromatic carbocycles. The second kappa shape index (κ2) is 3.23. The number of halogens is 1. The first-order chi connectivity index (χ1) is 5.58. The summed E-state index contributed by atoms with van der Waals surface area (Å²) >= 11 is 0. The van der Waals surface area contributed by atoms with Crippen molar-refractivity contribution in [2.45, 2.75) is 26.4 Å². The molecule has 12 heavy (non-hydrogen) atoms. The molecule has 0 aliphatic heterocycles. The number of hydrogen-bond acceptors (Lipinski definition) is 1. The maximum absolute atomic E-state index is 12.1. The highest BCUT2D eigenvalue weighted by Gasteiger charge is 2.23. The van der Waals surface area contributed by atoms with Crippen molar-refractivity contribution in [1.29, 1.82) is 0 Å². The molecule has 0 unspecified atom stereocenters. The van der Waals surface area contributed by atoms with Crippen molar-refractivity contribution in [3.63, 3.8) is 0 Å². The second-order valence-corrected chi connectivity index (χ2v) is 3.40. The lowest BCUT2D eigenvalue weighted by atomic mass is 9.94. The normalized spacial score (nSPS) is 11.7. The first kappa shape index (κ1) is 9.20. The largest absolute Gasteiger partial charge is 0.183 e. The quantitative estimate of drug-likeness (QED) is 0.659. The molecule has 1 rings (SSSR count). The third-order valence-electron chi connectivity index (χ3n) is 1.99. The zero-order valence-corrected chi connectivity index (χ0v) is 7.60. The van der Waals surface area contributed by atoms with Gasteiger partial charge in [0.15, 0.2) is 0 Å². The van der Waals surface area contributed by atoms with Gasteiger partial charge in [-0.2, -0.15) is 4.94 Å². The molecule has 0 spiro atoms. The van der Waals surface area contributed by atoms with Crippen molar-refractivity contribution in [2.24, 2.45) is 0 Å². The molecule has 1 aromatic rings. The van der Waals surface area contributed by atoms with Crippen LogP contribution in [0.1, 0.15) is 25.0 Å². The Bertz CT molecular complexity index is 268. The standard InChI is InChI=1S/C10H13FO/c1-8-6-4-5-7-9(8)10(2,3)12-11/h4-7H,1-3H3. The monoisotopic (exact) mass is 168 g/mol. The number of hydrogen-bond donors (Lipinski definition) is 0.